The SMILES string of the molecule is CCNC(=O)CN1CCN(c2ccccc2F)C1=O. The highest BCUT2D eigenvalue weighted by Crippen LogP contribution is 2.22. The Morgan fingerprint density at radius 3 is 2.79 bits per heavy atom. The first kappa shape index (κ1) is 13.3. The van der Waals surface area contributed by atoms with E-state index >= 15 is 0 Å². The number of nitrogens with one attached hydrogen (secondary N) is 1. The lowest BCUT2D eigenvalue weighted by Gasteiger charge is -2.18. The van der Waals surface area contributed by atoms with Gasteiger partial charge >= 0.3 is 6.03 Å². The molecule has 6 heteroatoms. The van der Waals surface area contributed by atoms with E-state index in [4.69, 9.17) is 0 Å². The molecule has 19 heavy (non-hydrogen) atoms. The average molecular weight is 265 g/mol. The fraction of sp³-hybridized carbons (Fsp3) is 0.385. The van der Waals surface area contributed by atoms with Gasteiger partial charge in [-0.15, -0.1) is 0 Å². The Labute approximate surface area is 111 Å². The lowest BCUT2D eigenvalue weighted by atomic mass is 10.3. The van der Waals surface area contributed by atoms with Crippen molar-refractivity contribution < 1.29 is 14.0 Å². The van der Waals surface area contributed by atoms with Crippen molar-refractivity contribution in [1.29, 1.82) is 0 Å². The third-order valence-electron chi connectivity index (χ3n) is 2.95. The van der Waals surface area contributed by atoms with Crippen LogP contribution in [0.1, 0.15) is 6.92 Å². The molecule has 1 N–H and O–H groups in total. The maximum atomic E-state index is 13.6. The minimum Gasteiger partial charge on any atom is -0.355 e. The zero-order valence-corrected chi connectivity index (χ0v) is 10.7. The largest absolute Gasteiger partial charge is 0.355 e. The molecule has 2 rings (SSSR count). The van der Waals surface area contributed by atoms with Crippen LogP contribution in [-0.4, -0.2) is 43.0 Å². The van der Waals surface area contributed by atoms with Crippen LogP contribution in [0.15, 0.2) is 24.3 Å². The van der Waals surface area contributed by atoms with Crippen LogP contribution in [0.3, 0.4) is 0 Å². The molecular formula is C13H16FN3O2. The van der Waals surface area contributed by atoms with Crippen LogP contribution in [0.2, 0.25) is 0 Å². The van der Waals surface area contributed by atoms with E-state index in [-0.39, 0.29) is 24.2 Å². The number of benzene rings is 1. The zero-order chi connectivity index (χ0) is 13.8. The summed E-state index contributed by atoms with van der Waals surface area (Å²) in [6.07, 6.45) is 0. The molecule has 102 valence electrons. The van der Waals surface area contributed by atoms with E-state index in [1.54, 1.807) is 18.2 Å². The summed E-state index contributed by atoms with van der Waals surface area (Å²) >= 11 is 0. The smallest absolute Gasteiger partial charge is 0.325 e. The Balaban J connectivity index is 2.06. The van der Waals surface area contributed by atoms with Gasteiger partial charge in [0.05, 0.1) is 5.69 Å². The second kappa shape index (κ2) is 5.69. The summed E-state index contributed by atoms with van der Waals surface area (Å²) in [4.78, 5) is 26.3. The van der Waals surface area contributed by atoms with Crippen LogP contribution < -0.4 is 10.2 Å². The number of para-hydroxylation sites is 1. The van der Waals surface area contributed by atoms with Gasteiger partial charge in [0.25, 0.3) is 0 Å². The summed E-state index contributed by atoms with van der Waals surface area (Å²) in [5.74, 6) is -0.637. The normalized spacial score (nSPS) is 14.9. The number of urea groups is 1. The van der Waals surface area contributed by atoms with Crippen molar-refractivity contribution in [3.05, 3.63) is 30.1 Å². The van der Waals surface area contributed by atoms with Gasteiger partial charge in [-0.05, 0) is 19.1 Å². The number of halogens is 1. The average Bonchev–Trinajstić information content (AvgIpc) is 2.72. The molecule has 0 atom stereocenters. The zero-order valence-electron chi connectivity index (χ0n) is 10.7. The van der Waals surface area contributed by atoms with E-state index in [1.165, 1.54) is 15.9 Å². The molecule has 0 aromatic heterocycles. The summed E-state index contributed by atoms with van der Waals surface area (Å²) < 4.78 is 13.6. The Kier molecular flexibility index (Phi) is 3.99. The fourth-order valence-corrected chi connectivity index (χ4v) is 2.05. The second-order valence-electron chi connectivity index (χ2n) is 4.26. The molecule has 0 saturated carbocycles. The number of amides is 3. The summed E-state index contributed by atoms with van der Waals surface area (Å²) in [6.45, 7) is 3.16. The molecule has 0 radical (unpaired) electrons. The molecule has 1 saturated heterocycles. The number of likely N-dealkylation sites (N-methyl/N-ethyl adjacent to an activating group) is 1. The van der Waals surface area contributed by atoms with E-state index in [0.717, 1.165) is 0 Å². The Bertz CT molecular complexity index is 493. The monoisotopic (exact) mass is 265 g/mol. The van der Waals surface area contributed by atoms with Crippen molar-refractivity contribution in [2.24, 2.45) is 0 Å². The van der Waals surface area contributed by atoms with Crippen molar-refractivity contribution in [1.82, 2.24) is 10.2 Å². The van der Waals surface area contributed by atoms with Gasteiger partial charge in [0.1, 0.15) is 12.4 Å². The predicted octanol–water partition coefficient (Wildman–Crippen LogP) is 1.20. The molecule has 1 aliphatic heterocycles. The molecule has 5 nitrogen and oxygen atoms in total. The Hall–Kier alpha value is -2.11. The molecule has 1 aromatic rings. The summed E-state index contributed by atoms with van der Waals surface area (Å²) in [6, 6.07) is 5.79. The topological polar surface area (TPSA) is 52.7 Å². The van der Waals surface area contributed by atoms with Crippen molar-refractivity contribution in [2.45, 2.75) is 6.92 Å². The predicted molar refractivity (Wildman–Crippen MR) is 69.4 cm³/mol. The highest BCUT2D eigenvalue weighted by Gasteiger charge is 2.31. The molecule has 0 aliphatic carbocycles. The minimum atomic E-state index is -0.435. The van der Waals surface area contributed by atoms with Crippen LogP contribution in [0.5, 0.6) is 0 Å². The van der Waals surface area contributed by atoms with Crippen molar-refractivity contribution in [2.75, 3.05) is 31.1 Å². The number of anilines is 1. The molecule has 0 spiro atoms. The maximum absolute atomic E-state index is 13.6. The van der Waals surface area contributed by atoms with Crippen molar-refractivity contribution in [3.8, 4) is 0 Å². The van der Waals surface area contributed by atoms with E-state index in [9.17, 15) is 14.0 Å². The van der Waals surface area contributed by atoms with Crippen LogP contribution in [0.25, 0.3) is 0 Å². The van der Waals surface area contributed by atoms with Crippen molar-refractivity contribution in [3.63, 3.8) is 0 Å². The van der Waals surface area contributed by atoms with E-state index in [2.05, 4.69) is 5.32 Å². The van der Waals surface area contributed by atoms with E-state index in [1.807, 2.05) is 6.92 Å². The minimum absolute atomic E-state index is 0.0115. The van der Waals surface area contributed by atoms with Gasteiger partial charge in [0, 0.05) is 19.6 Å². The first-order chi connectivity index (χ1) is 9.13. The second-order valence-corrected chi connectivity index (χ2v) is 4.26. The number of nitrogens with zero attached hydrogens (tertiary/aromatic N) is 2. The Morgan fingerprint density at radius 1 is 1.37 bits per heavy atom. The highest BCUT2D eigenvalue weighted by molar-refractivity contribution is 5.96. The Morgan fingerprint density at radius 2 is 2.11 bits per heavy atom. The molecule has 1 heterocycles. The number of rotatable bonds is 4. The van der Waals surface area contributed by atoms with E-state index < -0.39 is 5.82 Å². The molecule has 1 fully saturated rings. The third-order valence-corrected chi connectivity index (χ3v) is 2.95. The number of hydrogen-bond donors (Lipinski definition) is 1. The van der Waals surface area contributed by atoms with Gasteiger partial charge in [-0.1, -0.05) is 12.1 Å². The quantitative estimate of drug-likeness (QED) is 0.889. The van der Waals surface area contributed by atoms with Gasteiger partial charge in [-0.2, -0.15) is 0 Å². The molecule has 1 aliphatic rings. The number of carbonyl (C=O) groups excluding carboxylic acids is 2. The summed E-state index contributed by atoms with van der Waals surface area (Å²) in [5.41, 5.74) is 0.255. The van der Waals surface area contributed by atoms with Crippen LogP contribution in [-0.2, 0) is 4.79 Å². The maximum Gasteiger partial charge on any atom is 0.325 e. The first-order valence-corrected chi connectivity index (χ1v) is 6.21. The lowest BCUT2D eigenvalue weighted by molar-refractivity contribution is -0.121. The summed E-state index contributed by atoms with van der Waals surface area (Å²) in [5, 5.41) is 2.63. The van der Waals surface area contributed by atoms with E-state index in [0.29, 0.717) is 19.6 Å². The fourth-order valence-electron chi connectivity index (χ4n) is 2.05. The van der Waals surface area contributed by atoms with Gasteiger partial charge in [0.15, 0.2) is 0 Å². The van der Waals surface area contributed by atoms with Crippen LogP contribution in [0.4, 0.5) is 14.9 Å². The highest BCUT2D eigenvalue weighted by atomic mass is 19.1. The molecule has 1 aromatic carbocycles. The third kappa shape index (κ3) is 2.83. The van der Waals surface area contributed by atoms with Gasteiger partial charge in [-0.25, -0.2) is 9.18 Å². The van der Waals surface area contributed by atoms with Crippen LogP contribution in [0, 0.1) is 5.82 Å². The van der Waals surface area contributed by atoms with Gasteiger partial charge < -0.3 is 10.2 Å². The number of hydrogen-bond acceptors (Lipinski definition) is 2. The van der Waals surface area contributed by atoms with Crippen LogP contribution >= 0.6 is 0 Å². The van der Waals surface area contributed by atoms with Gasteiger partial charge in [0.2, 0.25) is 5.91 Å². The first-order valence-electron chi connectivity index (χ1n) is 6.21. The van der Waals surface area contributed by atoms with Gasteiger partial charge in [-0.3, -0.25) is 9.69 Å². The molecule has 0 unspecified atom stereocenters. The molecule has 3 amide bonds. The number of carbonyl (C=O) groups is 2. The lowest BCUT2D eigenvalue weighted by Crippen LogP contribution is -2.40. The molecule has 0 bridgehead atoms. The molecular weight excluding hydrogens is 249 g/mol. The summed E-state index contributed by atoms with van der Waals surface area (Å²) in [7, 11) is 0. The van der Waals surface area contributed by atoms with Crippen molar-refractivity contribution >= 4 is 17.6 Å². The standard InChI is InChI=1S/C13H16FN3O2/c1-2-15-12(18)9-16-7-8-17(13(16)19)11-6-4-3-5-10(11)14/h3-6H,2,7-9H2,1H3,(H,15,18).